The minimum Gasteiger partial charge on any atom is -0.316 e. The number of benzene rings is 2. The molecule has 1 fully saturated rings. The summed E-state index contributed by atoms with van der Waals surface area (Å²) in [6.07, 6.45) is 0. The van der Waals surface area contributed by atoms with Gasteiger partial charge in [0.15, 0.2) is 0 Å². The summed E-state index contributed by atoms with van der Waals surface area (Å²) in [4.78, 5) is 0. The maximum atomic E-state index is 6.18. The van der Waals surface area contributed by atoms with Crippen LogP contribution in [0.4, 0.5) is 0 Å². The molecular formula is C16H14BrCl2N. The van der Waals surface area contributed by atoms with E-state index in [9.17, 15) is 0 Å². The van der Waals surface area contributed by atoms with Gasteiger partial charge in [0.2, 0.25) is 0 Å². The van der Waals surface area contributed by atoms with Crippen molar-refractivity contribution in [1.82, 2.24) is 5.32 Å². The molecule has 104 valence electrons. The molecule has 20 heavy (non-hydrogen) atoms. The van der Waals surface area contributed by atoms with Crippen molar-refractivity contribution in [3.63, 3.8) is 0 Å². The van der Waals surface area contributed by atoms with Crippen LogP contribution in [0.3, 0.4) is 0 Å². The highest BCUT2D eigenvalue weighted by Gasteiger charge is 2.29. The highest BCUT2D eigenvalue weighted by molar-refractivity contribution is 9.10. The summed E-state index contributed by atoms with van der Waals surface area (Å²) in [5, 5.41) is 4.58. The van der Waals surface area contributed by atoms with Crippen LogP contribution in [0.5, 0.6) is 0 Å². The van der Waals surface area contributed by atoms with Gasteiger partial charge >= 0.3 is 0 Å². The lowest BCUT2D eigenvalue weighted by Gasteiger charge is -2.35. The molecule has 1 aliphatic rings. The van der Waals surface area contributed by atoms with Crippen molar-refractivity contribution in [2.75, 3.05) is 13.1 Å². The van der Waals surface area contributed by atoms with Crippen molar-refractivity contribution < 1.29 is 0 Å². The van der Waals surface area contributed by atoms with Crippen molar-refractivity contribution in [2.24, 2.45) is 5.92 Å². The maximum Gasteiger partial charge on any atom is 0.0595 e. The predicted octanol–water partition coefficient (Wildman–Crippen LogP) is 5.11. The molecule has 3 rings (SSSR count). The topological polar surface area (TPSA) is 12.0 Å². The summed E-state index contributed by atoms with van der Waals surface area (Å²) in [5.41, 5.74) is 2.55. The smallest absolute Gasteiger partial charge is 0.0595 e. The molecule has 1 heterocycles. The van der Waals surface area contributed by atoms with Crippen LogP contribution < -0.4 is 5.32 Å². The minimum absolute atomic E-state index is 0.360. The number of rotatable bonds is 3. The normalized spacial score (nSPS) is 16.8. The molecule has 2 aromatic carbocycles. The summed E-state index contributed by atoms with van der Waals surface area (Å²) in [6.45, 7) is 2.09. The first-order valence-electron chi connectivity index (χ1n) is 6.56. The molecule has 1 saturated heterocycles. The van der Waals surface area contributed by atoms with Gasteiger partial charge in [0.25, 0.3) is 0 Å². The van der Waals surface area contributed by atoms with Gasteiger partial charge in [0.05, 0.1) is 10.0 Å². The molecule has 0 bridgehead atoms. The van der Waals surface area contributed by atoms with E-state index in [1.54, 1.807) is 0 Å². The molecule has 0 spiro atoms. The Morgan fingerprint density at radius 3 is 2.15 bits per heavy atom. The Labute approximate surface area is 137 Å². The quantitative estimate of drug-likeness (QED) is 0.791. The number of nitrogens with one attached hydrogen (secondary N) is 1. The molecule has 1 atom stereocenters. The predicted molar refractivity (Wildman–Crippen MR) is 88.8 cm³/mol. The Balaban J connectivity index is 2.01. The summed E-state index contributed by atoms with van der Waals surface area (Å²) in [6, 6.07) is 14.5. The third-order valence-electron chi connectivity index (χ3n) is 3.82. The van der Waals surface area contributed by atoms with Crippen LogP contribution in [-0.4, -0.2) is 13.1 Å². The first-order chi connectivity index (χ1) is 9.65. The van der Waals surface area contributed by atoms with Gasteiger partial charge in [-0.05, 0) is 41.3 Å². The second-order valence-electron chi connectivity index (χ2n) is 5.12. The van der Waals surface area contributed by atoms with Gasteiger partial charge < -0.3 is 5.32 Å². The fourth-order valence-electron chi connectivity index (χ4n) is 2.66. The Hall–Kier alpha value is -0.540. The minimum atomic E-state index is 0.360. The monoisotopic (exact) mass is 369 g/mol. The average molecular weight is 371 g/mol. The van der Waals surface area contributed by atoms with E-state index in [1.807, 2.05) is 12.1 Å². The van der Waals surface area contributed by atoms with Crippen LogP contribution in [0.15, 0.2) is 46.9 Å². The number of hydrogen-bond donors (Lipinski definition) is 1. The Morgan fingerprint density at radius 2 is 1.60 bits per heavy atom. The van der Waals surface area contributed by atoms with E-state index in [0.717, 1.165) is 17.6 Å². The lowest BCUT2D eigenvalue weighted by molar-refractivity contribution is 0.315. The maximum absolute atomic E-state index is 6.18. The standard InChI is InChI=1S/C16H14BrCl2N/c17-13-4-1-10(2-5-13)16(12-8-20-9-12)11-3-6-14(18)15(19)7-11/h1-7,12,16,20H,8-9H2. The SMILES string of the molecule is Clc1ccc(C(c2ccc(Br)cc2)C2CNC2)cc1Cl. The van der Waals surface area contributed by atoms with Gasteiger partial charge in [-0.3, -0.25) is 0 Å². The zero-order valence-corrected chi connectivity index (χ0v) is 13.8. The molecule has 0 aliphatic carbocycles. The van der Waals surface area contributed by atoms with E-state index in [4.69, 9.17) is 23.2 Å². The Kier molecular flexibility index (Phi) is 4.37. The fourth-order valence-corrected chi connectivity index (χ4v) is 3.23. The zero-order valence-electron chi connectivity index (χ0n) is 10.7. The van der Waals surface area contributed by atoms with Crippen LogP contribution in [0.2, 0.25) is 10.0 Å². The molecule has 0 aromatic heterocycles. The molecular weight excluding hydrogens is 357 g/mol. The summed E-state index contributed by atoms with van der Waals surface area (Å²) < 4.78 is 1.10. The van der Waals surface area contributed by atoms with Crippen LogP contribution in [0, 0.1) is 5.92 Å². The first kappa shape index (κ1) is 14.4. The van der Waals surface area contributed by atoms with Crippen LogP contribution in [-0.2, 0) is 0 Å². The van der Waals surface area contributed by atoms with Gasteiger partial charge in [-0.25, -0.2) is 0 Å². The molecule has 1 aliphatic heterocycles. The third-order valence-corrected chi connectivity index (χ3v) is 5.08. The third kappa shape index (κ3) is 2.89. The second kappa shape index (κ2) is 6.07. The van der Waals surface area contributed by atoms with E-state index in [0.29, 0.717) is 21.9 Å². The fraction of sp³-hybridized carbons (Fsp3) is 0.250. The van der Waals surface area contributed by atoms with Crippen LogP contribution in [0.1, 0.15) is 17.0 Å². The Morgan fingerprint density at radius 1 is 0.950 bits per heavy atom. The molecule has 0 radical (unpaired) electrons. The van der Waals surface area contributed by atoms with Gasteiger partial charge in [-0.2, -0.15) is 0 Å². The van der Waals surface area contributed by atoms with E-state index in [-0.39, 0.29) is 0 Å². The van der Waals surface area contributed by atoms with E-state index < -0.39 is 0 Å². The molecule has 4 heteroatoms. The molecule has 1 unspecified atom stereocenters. The van der Waals surface area contributed by atoms with E-state index in [1.165, 1.54) is 11.1 Å². The van der Waals surface area contributed by atoms with Crippen molar-refractivity contribution in [3.8, 4) is 0 Å². The van der Waals surface area contributed by atoms with Gasteiger partial charge in [0, 0.05) is 23.5 Å². The molecule has 2 aromatic rings. The van der Waals surface area contributed by atoms with Crippen molar-refractivity contribution in [2.45, 2.75) is 5.92 Å². The van der Waals surface area contributed by atoms with Crippen molar-refractivity contribution in [3.05, 3.63) is 68.1 Å². The molecule has 1 N–H and O–H groups in total. The van der Waals surface area contributed by atoms with Gasteiger partial charge in [-0.1, -0.05) is 57.3 Å². The highest BCUT2D eigenvalue weighted by atomic mass is 79.9. The number of hydrogen-bond acceptors (Lipinski definition) is 1. The summed E-state index contributed by atoms with van der Waals surface area (Å²) >= 11 is 15.7. The molecule has 0 amide bonds. The lowest BCUT2D eigenvalue weighted by atomic mass is 9.78. The number of halogens is 3. The van der Waals surface area contributed by atoms with Crippen molar-refractivity contribution >= 4 is 39.1 Å². The summed E-state index contributed by atoms with van der Waals surface area (Å²) in [7, 11) is 0. The zero-order chi connectivity index (χ0) is 14.1. The first-order valence-corrected chi connectivity index (χ1v) is 8.11. The largest absolute Gasteiger partial charge is 0.316 e. The van der Waals surface area contributed by atoms with Gasteiger partial charge in [0.1, 0.15) is 0 Å². The lowest BCUT2D eigenvalue weighted by Crippen LogP contribution is -2.45. The summed E-state index contributed by atoms with van der Waals surface area (Å²) in [5.74, 6) is 0.965. The highest BCUT2D eigenvalue weighted by Crippen LogP contribution is 2.37. The van der Waals surface area contributed by atoms with Crippen molar-refractivity contribution in [1.29, 1.82) is 0 Å². The molecule has 0 saturated carbocycles. The van der Waals surface area contributed by atoms with Crippen LogP contribution in [0.25, 0.3) is 0 Å². The van der Waals surface area contributed by atoms with Gasteiger partial charge in [-0.15, -0.1) is 0 Å². The van der Waals surface area contributed by atoms with E-state index in [2.05, 4.69) is 51.6 Å². The Bertz CT molecular complexity index is 608. The average Bonchev–Trinajstić information content (AvgIpc) is 2.38. The second-order valence-corrected chi connectivity index (χ2v) is 6.85. The van der Waals surface area contributed by atoms with Crippen LogP contribution >= 0.6 is 39.1 Å². The van der Waals surface area contributed by atoms with E-state index >= 15 is 0 Å². The molecule has 1 nitrogen and oxygen atoms in total.